The molecule has 0 aliphatic heterocycles. The number of ketones is 1. The molecule has 0 saturated heterocycles. The third-order valence-electron chi connectivity index (χ3n) is 3.89. The van der Waals surface area contributed by atoms with Crippen molar-refractivity contribution >= 4 is 5.78 Å². The summed E-state index contributed by atoms with van der Waals surface area (Å²) in [6.45, 7) is 0.291. The minimum absolute atomic E-state index is 0.184. The largest absolute Gasteiger partial charge is 0.489 e. The Balaban J connectivity index is 1.67. The fourth-order valence-electron chi connectivity index (χ4n) is 2.44. The van der Waals surface area contributed by atoms with Crippen LogP contribution in [-0.4, -0.2) is 5.78 Å². The van der Waals surface area contributed by atoms with Crippen molar-refractivity contribution in [2.45, 2.75) is 25.9 Å². The molecule has 0 spiro atoms. The molecule has 0 N–H and O–H groups in total. The molecule has 1 aliphatic rings. The number of rotatable bonds is 5. The van der Waals surface area contributed by atoms with Gasteiger partial charge in [0.05, 0.1) is 0 Å². The van der Waals surface area contributed by atoms with Crippen LogP contribution >= 0.6 is 0 Å². The lowest BCUT2D eigenvalue weighted by atomic mass is 9.80. The van der Waals surface area contributed by atoms with Crippen LogP contribution in [-0.2, 0) is 6.61 Å². The van der Waals surface area contributed by atoms with Gasteiger partial charge in [-0.1, -0.05) is 30.7 Å². The van der Waals surface area contributed by atoms with Crippen LogP contribution in [0, 0.1) is 11.7 Å². The first-order chi connectivity index (χ1) is 10.2. The number of Topliss-reactive ketones (excluding diaryl/α,β-unsaturated/α-hetero) is 1. The Hall–Kier alpha value is -2.16. The monoisotopic (exact) mass is 284 g/mol. The summed E-state index contributed by atoms with van der Waals surface area (Å²) in [5, 5.41) is 0. The Morgan fingerprint density at radius 1 is 1.14 bits per heavy atom. The van der Waals surface area contributed by atoms with Crippen LogP contribution in [0.1, 0.15) is 35.2 Å². The summed E-state index contributed by atoms with van der Waals surface area (Å²) in [6.07, 6.45) is 3.13. The molecule has 2 nitrogen and oxygen atoms in total. The third kappa shape index (κ3) is 3.30. The standard InChI is InChI=1S/C18H17FO2/c19-16-8-1-4-13(10-16)12-21-17-9-3-7-15(11-17)18(20)14-5-2-6-14/h1,3-4,7-11,14H,2,5-6,12H2. The molecule has 0 amide bonds. The first-order valence-electron chi connectivity index (χ1n) is 7.24. The lowest BCUT2D eigenvalue weighted by Crippen LogP contribution is -2.21. The zero-order chi connectivity index (χ0) is 14.7. The summed E-state index contributed by atoms with van der Waals surface area (Å²) < 4.78 is 18.7. The molecule has 0 aromatic heterocycles. The van der Waals surface area contributed by atoms with E-state index in [0.717, 1.165) is 24.8 Å². The maximum absolute atomic E-state index is 13.1. The van der Waals surface area contributed by atoms with Gasteiger partial charge in [0.15, 0.2) is 5.78 Å². The van der Waals surface area contributed by atoms with E-state index in [-0.39, 0.29) is 17.5 Å². The molecule has 3 heteroatoms. The minimum Gasteiger partial charge on any atom is -0.489 e. The molecule has 0 heterocycles. The SMILES string of the molecule is O=C(c1cccc(OCc2cccc(F)c2)c1)C1CCC1. The fourth-order valence-corrected chi connectivity index (χ4v) is 2.44. The second kappa shape index (κ2) is 6.08. The van der Waals surface area contributed by atoms with Crippen LogP contribution in [0.25, 0.3) is 0 Å². The molecule has 108 valence electrons. The average Bonchev–Trinajstić information content (AvgIpc) is 2.44. The molecule has 1 aliphatic carbocycles. The number of hydrogen-bond acceptors (Lipinski definition) is 2. The fraction of sp³-hybridized carbons (Fsp3) is 0.278. The van der Waals surface area contributed by atoms with Gasteiger partial charge in [-0.15, -0.1) is 0 Å². The van der Waals surface area contributed by atoms with Gasteiger partial charge in [0.1, 0.15) is 18.2 Å². The number of ether oxygens (including phenoxy) is 1. The van der Waals surface area contributed by atoms with Crippen molar-refractivity contribution in [1.82, 2.24) is 0 Å². The van der Waals surface area contributed by atoms with Crippen molar-refractivity contribution in [3.8, 4) is 5.75 Å². The van der Waals surface area contributed by atoms with E-state index >= 15 is 0 Å². The van der Waals surface area contributed by atoms with Gasteiger partial charge < -0.3 is 4.74 Å². The normalized spacial score (nSPS) is 14.5. The van der Waals surface area contributed by atoms with Gasteiger partial charge in [0.25, 0.3) is 0 Å². The van der Waals surface area contributed by atoms with Crippen LogP contribution in [0.2, 0.25) is 0 Å². The summed E-state index contributed by atoms with van der Waals surface area (Å²) in [4.78, 5) is 12.2. The van der Waals surface area contributed by atoms with E-state index < -0.39 is 0 Å². The number of carbonyl (C=O) groups excluding carboxylic acids is 1. The zero-order valence-electron chi connectivity index (χ0n) is 11.7. The van der Waals surface area contributed by atoms with Crippen LogP contribution in [0.4, 0.5) is 4.39 Å². The molecular weight excluding hydrogens is 267 g/mol. The van der Waals surface area contributed by atoms with Gasteiger partial charge in [-0.05, 0) is 42.7 Å². The molecule has 2 aromatic carbocycles. The molecule has 0 bridgehead atoms. The van der Waals surface area contributed by atoms with Gasteiger partial charge >= 0.3 is 0 Å². The van der Waals surface area contributed by atoms with E-state index in [1.54, 1.807) is 12.1 Å². The summed E-state index contributed by atoms with van der Waals surface area (Å²) in [7, 11) is 0. The molecule has 2 aromatic rings. The highest BCUT2D eigenvalue weighted by atomic mass is 19.1. The molecule has 1 saturated carbocycles. The second-order valence-corrected chi connectivity index (χ2v) is 5.44. The van der Waals surface area contributed by atoms with Crippen molar-refractivity contribution in [1.29, 1.82) is 0 Å². The summed E-state index contributed by atoms with van der Waals surface area (Å²) in [6, 6.07) is 13.6. The molecule has 3 rings (SSSR count). The summed E-state index contributed by atoms with van der Waals surface area (Å²) in [5.74, 6) is 0.760. The predicted molar refractivity (Wildman–Crippen MR) is 78.8 cm³/mol. The zero-order valence-corrected chi connectivity index (χ0v) is 11.7. The van der Waals surface area contributed by atoms with Crippen LogP contribution in [0.5, 0.6) is 5.75 Å². The highest BCUT2D eigenvalue weighted by molar-refractivity contribution is 5.98. The van der Waals surface area contributed by atoms with E-state index in [1.807, 2.05) is 24.3 Å². The van der Waals surface area contributed by atoms with E-state index in [2.05, 4.69) is 0 Å². The maximum atomic E-state index is 13.1. The molecule has 0 atom stereocenters. The van der Waals surface area contributed by atoms with E-state index in [1.165, 1.54) is 12.1 Å². The van der Waals surface area contributed by atoms with E-state index in [9.17, 15) is 9.18 Å². The third-order valence-corrected chi connectivity index (χ3v) is 3.89. The number of hydrogen-bond donors (Lipinski definition) is 0. The van der Waals surface area contributed by atoms with Crippen LogP contribution < -0.4 is 4.74 Å². The van der Waals surface area contributed by atoms with E-state index in [4.69, 9.17) is 4.74 Å². The lowest BCUT2D eigenvalue weighted by Gasteiger charge is -2.23. The van der Waals surface area contributed by atoms with Crippen LogP contribution in [0.3, 0.4) is 0 Å². The predicted octanol–water partition coefficient (Wildman–Crippen LogP) is 4.39. The number of halogens is 1. The Labute approximate surface area is 123 Å². The first-order valence-corrected chi connectivity index (χ1v) is 7.24. The Morgan fingerprint density at radius 3 is 2.67 bits per heavy atom. The number of benzene rings is 2. The topological polar surface area (TPSA) is 26.3 Å². The highest BCUT2D eigenvalue weighted by Crippen LogP contribution is 2.30. The van der Waals surface area contributed by atoms with Gasteiger partial charge in [0, 0.05) is 11.5 Å². The minimum atomic E-state index is -0.273. The average molecular weight is 284 g/mol. The molecular formula is C18H17FO2. The van der Waals surface area contributed by atoms with Crippen molar-refractivity contribution in [2.75, 3.05) is 0 Å². The van der Waals surface area contributed by atoms with Gasteiger partial charge in [-0.2, -0.15) is 0 Å². The molecule has 1 fully saturated rings. The number of carbonyl (C=O) groups is 1. The van der Waals surface area contributed by atoms with Crippen molar-refractivity contribution < 1.29 is 13.9 Å². The second-order valence-electron chi connectivity index (χ2n) is 5.44. The van der Waals surface area contributed by atoms with Crippen molar-refractivity contribution in [2.24, 2.45) is 5.92 Å². The van der Waals surface area contributed by atoms with E-state index in [0.29, 0.717) is 17.9 Å². The van der Waals surface area contributed by atoms with Gasteiger partial charge in [0.2, 0.25) is 0 Å². The molecule has 0 unspecified atom stereocenters. The lowest BCUT2D eigenvalue weighted by molar-refractivity contribution is 0.0854. The van der Waals surface area contributed by atoms with Crippen molar-refractivity contribution in [3.63, 3.8) is 0 Å². The Bertz CT molecular complexity index is 647. The summed E-state index contributed by atoms with van der Waals surface area (Å²) >= 11 is 0. The smallest absolute Gasteiger partial charge is 0.166 e. The highest BCUT2D eigenvalue weighted by Gasteiger charge is 2.26. The molecule has 0 radical (unpaired) electrons. The van der Waals surface area contributed by atoms with Crippen LogP contribution in [0.15, 0.2) is 48.5 Å². The van der Waals surface area contributed by atoms with Gasteiger partial charge in [-0.25, -0.2) is 4.39 Å². The Morgan fingerprint density at radius 2 is 1.95 bits per heavy atom. The summed E-state index contributed by atoms with van der Waals surface area (Å²) in [5.41, 5.74) is 1.47. The molecule has 21 heavy (non-hydrogen) atoms. The first kappa shape index (κ1) is 13.8. The quantitative estimate of drug-likeness (QED) is 0.761. The van der Waals surface area contributed by atoms with Gasteiger partial charge in [-0.3, -0.25) is 4.79 Å². The van der Waals surface area contributed by atoms with Crippen molar-refractivity contribution in [3.05, 3.63) is 65.5 Å². The Kier molecular flexibility index (Phi) is 4.00. The maximum Gasteiger partial charge on any atom is 0.166 e.